The van der Waals surface area contributed by atoms with Crippen LogP contribution in [0.2, 0.25) is 0 Å². The Bertz CT molecular complexity index is 1240. The van der Waals surface area contributed by atoms with Crippen molar-refractivity contribution in [2.75, 3.05) is 26.4 Å². The number of ether oxygens (including phenoxy) is 5. The molecule has 2 saturated heterocycles. The topological polar surface area (TPSA) is 200 Å². The van der Waals surface area contributed by atoms with Crippen LogP contribution in [0.3, 0.4) is 0 Å². The Labute approximate surface area is 295 Å². The number of nitrogens with zero attached hydrogens (tertiary/aromatic N) is 1. The number of para-hydroxylation sites is 1. The maximum atomic E-state index is 10.7. The molecular formula is C33H46ClNO12Pd. The van der Waals surface area contributed by atoms with Gasteiger partial charge in [0, 0.05) is 5.75 Å². The molecule has 48 heavy (non-hydrogen) atoms. The van der Waals surface area contributed by atoms with E-state index in [0.29, 0.717) is 17.6 Å². The maximum absolute atomic E-state index is 10.7. The normalized spacial score (nSPS) is 30.8. The Morgan fingerprint density at radius 2 is 1.42 bits per heavy atom. The Hall–Kier alpha value is -1.58. The van der Waals surface area contributed by atoms with Gasteiger partial charge < -0.3 is 64.4 Å². The summed E-state index contributed by atoms with van der Waals surface area (Å²) in [4.78, 5) is 4.80. The molecule has 0 amide bonds. The first kappa shape index (κ1) is 40.8. The molecule has 0 bridgehead atoms. The monoisotopic (exact) mass is 789 g/mol. The van der Waals surface area contributed by atoms with Crippen molar-refractivity contribution in [2.45, 2.75) is 101 Å². The van der Waals surface area contributed by atoms with Crippen LogP contribution in [0, 0.1) is 6.07 Å². The Morgan fingerprint density at radius 1 is 0.812 bits per heavy atom. The number of aliphatic imine (C=N–C) groups is 1. The van der Waals surface area contributed by atoms with Crippen molar-refractivity contribution in [3.8, 4) is 5.75 Å². The average Bonchev–Trinajstić information content (AvgIpc) is 3.09. The summed E-state index contributed by atoms with van der Waals surface area (Å²) in [6.45, 7) is 7.27. The van der Waals surface area contributed by atoms with Crippen molar-refractivity contribution in [1.82, 2.24) is 0 Å². The van der Waals surface area contributed by atoms with E-state index in [-0.39, 0.29) is 13.2 Å². The minimum absolute atomic E-state index is 0.0436. The molecule has 7 N–H and O–H groups in total. The molecule has 2 aliphatic rings. The first-order valence-corrected chi connectivity index (χ1v) is 17.6. The Kier molecular flexibility index (Phi) is 16.8. The van der Waals surface area contributed by atoms with Gasteiger partial charge in [-0.1, -0.05) is 45.9 Å². The summed E-state index contributed by atoms with van der Waals surface area (Å²) in [6, 6.07) is 14.7. The first-order valence-electron chi connectivity index (χ1n) is 15.6. The summed E-state index contributed by atoms with van der Waals surface area (Å²) in [5, 5.41) is 70.9. The fourth-order valence-corrected chi connectivity index (χ4v) is 5.40. The fraction of sp³-hybridized carbons (Fsp3) is 0.606. The third kappa shape index (κ3) is 10.2. The van der Waals surface area contributed by atoms with Crippen LogP contribution in [0.15, 0.2) is 41.4 Å². The van der Waals surface area contributed by atoms with Crippen molar-refractivity contribution >= 4 is 21.4 Å². The van der Waals surface area contributed by atoms with Gasteiger partial charge in [0.05, 0.1) is 32.1 Å². The van der Waals surface area contributed by atoms with Gasteiger partial charge in [-0.25, -0.2) is 0 Å². The second-order valence-electron chi connectivity index (χ2n) is 12.1. The van der Waals surface area contributed by atoms with Crippen LogP contribution in [-0.2, 0) is 37.1 Å². The van der Waals surface area contributed by atoms with Crippen LogP contribution in [0.4, 0.5) is 5.69 Å². The fourth-order valence-electron chi connectivity index (χ4n) is 5.40. The van der Waals surface area contributed by atoms with Gasteiger partial charge in [-0.05, 0) is 29.2 Å². The number of hydrogen-bond acceptors (Lipinski definition) is 13. The summed E-state index contributed by atoms with van der Waals surface area (Å²) in [7, 11) is 4.49. The van der Waals surface area contributed by atoms with Crippen LogP contribution >= 0.6 is 9.53 Å². The first-order chi connectivity index (χ1) is 23.0. The van der Waals surface area contributed by atoms with Crippen molar-refractivity contribution < 1.29 is 77.6 Å². The zero-order valence-electron chi connectivity index (χ0n) is 27.1. The van der Waals surface area contributed by atoms with Crippen LogP contribution in [0.5, 0.6) is 5.75 Å². The van der Waals surface area contributed by atoms with Crippen LogP contribution in [0.1, 0.15) is 56.2 Å². The molecule has 4 rings (SSSR count). The molecule has 2 aliphatic heterocycles. The summed E-state index contributed by atoms with van der Waals surface area (Å²) >= 11 is 2.22. The van der Waals surface area contributed by atoms with Crippen molar-refractivity contribution in [1.29, 1.82) is 0 Å². The predicted octanol–water partition coefficient (Wildman–Crippen LogP) is 1.19. The summed E-state index contributed by atoms with van der Waals surface area (Å²) in [5.74, 6) is 1.19. The summed E-state index contributed by atoms with van der Waals surface area (Å²) < 4.78 is 27.8. The van der Waals surface area contributed by atoms with E-state index < -0.39 is 74.6 Å². The number of halogens is 1. The number of aliphatic hydroxyl groups is 7. The second kappa shape index (κ2) is 19.7. The van der Waals surface area contributed by atoms with Crippen LogP contribution in [0.25, 0.3) is 0 Å². The zero-order valence-corrected chi connectivity index (χ0v) is 29.4. The van der Waals surface area contributed by atoms with Gasteiger partial charge >= 0.3 is 27.7 Å². The number of hydrogen-bond donors (Lipinski definition) is 7. The molecule has 0 radical (unpaired) electrons. The number of aliphatic hydroxyl groups excluding tert-OH is 7. The van der Waals surface area contributed by atoms with E-state index in [1.807, 2.05) is 6.07 Å². The molecule has 15 heteroatoms. The van der Waals surface area contributed by atoms with E-state index in [0.717, 1.165) is 11.3 Å². The van der Waals surface area contributed by atoms with Gasteiger partial charge in [0.2, 0.25) is 0 Å². The van der Waals surface area contributed by atoms with Gasteiger partial charge in [0.1, 0.15) is 48.8 Å². The van der Waals surface area contributed by atoms with E-state index in [1.165, 1.54) is 11.1 Å². The zero-order chi connectivity index (χ0) is 35.5. The second-order valence-corrected chi connectivity index (χ2v) is 12.1. The molecule has 2 fully saturated rings. The minimum atomic E-state index is -1.74. The SMILES string of the molecule is CC(C)c1cccc(C(C)C)c1N=Cc1[c-]cc(OCCO[C@H]2OC(CO)[C@H](O[C@H]3OC(CO)[C@@H](O)C(O)[C@H]3O)C(O)[C@H]2O)cc1.[Cl][Pd+]. The number of benzene rings is 2. The molecule has 13 nitrogen and oxygen atoms in total. The van der Waals surface area contributed by atoms with Crippen molar-refractivity contribution in [3.05, 3.63) is 59.2 Å². The summed E-state index contributed by atoms with van der Waals surface area (Å²) in [5.41, 5.74) is 4.12. The predicted molar refractivity (Wildman–Crippen MR) is 171 cm³/mol. The average molecular weight is 791 g/mol. The van der Waals surface area contributed by atoms with Gasteiger partial charge in [-0.3, -0.25) is 0 Å². The van der Waals surface area contributed by atoms with Gasteiger partial charge in [-0.15, -0.1) is 29.8 Å². The molecule has 2 aromatic carbocycles. The molecule has 0 aliphatic carbocycles. The molecule has 4 unspecified atom stereocenters. The van der Waals surface area contributed by atoms with Crippen LogP contribution in [-0.4, -0.2) is 130 Å². The third-order valence-electron chi connectivity index (χ3n) is 8.08. The Balaban J connectivity index is 0.00000307. The third-order valence-corrected chi connectivity index (χ3v) is 8.08. The number of rotatable bonds is 13. The van der Waals surface area contributed by atoms with E-state index in [2.05, 4.69) is 79.7 Å². The molecule has 272 valence electrons. The van der Waals surface area contributed by atoms with Crippen molar-refractivity contribution in [3.63, 3.8) is 0 Å². The standard InChI is InChI=1S/C33H46NO12.ClH.Pd/c1-17(2)21-6-5-7-22(18(3)4)25(21)34-14-19-8-10-20(11-9-19)42-12-13-43-32-30(41)28(39)31(24(16-36)45-32)46-33-29(40)27(38)26(37)23(15-35)44-33;;/h5-8,10-11,14,17-18,23-24,26-33,35-41H,12-13,15-16H2,1-4H3;1H;/q-1;;+2/p-1/t23?,24?,26-,27?,28?,29-,30-,31+,32+,33-;;/m1../s1. The van der Waals surface area contributed by atoms with E-state index in [1.54, 1.807) is 18.3 Å². The van der Waals surface area contributed by atoms with Crippen molar-refractivity contribution in [2.24, 2.45) is 4.99 Å². The quantitative estimate of drug-likeness (QED) is 0.0663. The van der Waals surface area contributed by atoms with Crippen LogP contribution < -0.4 is 4.74 Å². The molecule has 0 aromatic heterocycles. The van der Waals surface area contributed by atoms with Gasteiger partial charge in [0.15, 0.2) is 12.6 Å². The molecule has 2 heterocycles. The molecular weight excluding hydrogens is 744 g/mol. The molecule has 2 aromatic rings. The van der Waals surface area contributed by atoms with E-state index >= 15 is 0 Å². The Morgan fingerprint density at radius 3 is 1.98 bits per heavy atom. The van der Waals surface area contributed by atoms with Gasteiger partial charge in [0.25, 0.3) is 0 Å². The van der Waals surface area contributed by atoms with E-state index in [9.17, 15) is 35.7 Å². The summed E-state index contributed by atoms with van der Waals surface area (Å²) in [6.07, 6.45) is -13.4. The molecule has 10 atom stereocenters. The van der Waals surface area contributed by atoms with Gasteiger partial charge in [-0.2, -0.15) is 0 Å². The van der Waals surface area contributed by atoms with E-state index in [4.69, 9.17) is 28.7 Å². The molecule has 0 saturated carbocycles. The molecule has 0 spiro atoms.